The molecular weight excluding hydrogens is 387 g/mol. The van der Waals surface area contributed by atoms with Crippen molar-refractivity contribution >= 4 is 16.7 Å². The van der Waals surface area contributed by atoms with Crippen LogP contribution in [0, 0.1) is 12.7 Å². The number of anilines is 1. The smallest absolute Gasteiger partial charge is 0.152 e. The van der Waals surface area contributed by atoms with Crippen molar-refractivity contribution in [3.8, 4) is 5.75 Å². The second-order valence-electron chi connectivity index (χ2n) is 8.25. The largest absolute Gasteiger partial charge is 0.487 e. The van der Waals surface area contributed by atoms with Gasteiger partial charge in [-0.3, -0.25) is 0 Å². The molecule has 3 heterocycles. The van der Waals surface area contributed by atoms with Gasteiger partial charge >= 0.3 is 0 Å². The number of halogens is 1. The third-order valence-electron chi connectivity index (χ3n) is 6.25. The summed E-state index contributed by atoms with van der Waals surface area (Å²) in [5, 5.41) is 25.0. The normalized spacial score (nSPS) is 26.1. The summed E-state index contributed by atoms with van der Waals surface area (Å²) < 4.78 is 22.3. The molecular formula is C22H25FN4O3. The summed E-state index contributed by atoms with van der Waals surface area (Å²) in [5.74, 6) is 0.223. The van der Waals surface area contributed by atoms with Gasteiger partial charge in [-0.1, -0.05) is 6.07 Å². The quantitative estimate of drug-likeness (QED) is 0.523. The van der Waals surface area contributed by atoms with Crippen molar-refractivity contribution in [3.05, 3.63) is 53.1 Å². The van der Waals surface area contributed by atoms with E-state index in [-0.39, 0.29) is 11.1 Å². The van der Waals surface area contributed by atoms with Gasteiger partial charge in [-0.05, 0) is 43.1 Å². The predicted octanol–water partition coefficient (Wildman–Crippen LogP) is 1.83. The number of ether oxygens (including phenoxy) is 1. The van der Waals surface area contributed by atoms with E-state index in [4.69, 9.17) is 10.5 Å². The van der Waals surface area contributed by atoms with Gasteiger partial charge in [0.1, 0.15) is 29.7 Å². The number of aromatic nitrogens is 2. The van der Waals surface area contributed by atoms with Crippen LogP contribution < -0.4 is 15.8 Å². The second-order valence-corrected chi connectivity index (χ2v) is 8.25. The maximum atomic E-state index is 14.5. The van der Waals surface area contributed by atoms with Gasteiger partial charge in [0.05, 0.1) is 11.4 Å². The van der Waals surface area contributed by atoms with Crippen LogP contribution in [0.4, 0.5) is 10.1 Å². The van der Waals surface area contributed by atoms with Gasteiger partial charge < -0.3 is 30.6 Å². The highest BCUT2D eigenvalue weighted by atomic mass is 19.1. The molecule has 0 spiro atoms. The first-order valence-corrected chi connectivity index (χ1v) is 10.2. The number of aryl methyl sites for hydroxylation is 1. The molecule has 5 rings (SSSR count). The molecule has 0 radical (unpaired) electrons. The van der Waals surface area contributed by atoms with Crippen molar-refractivity contribution in [1.82, 2.24) is 14.9 Å². The van der Waals surface area contributed by atoms with Crippen LogP contribution in [-0.2, 0) is 13.0 Å². The summed E-state index contributed by atoms with van der Waals surface area (Å²) in [6, 6.07) is 5.09. The Morgan fingerprint density at radius 2 is 2.13 bits per heavy atom. The number of rotatable bonds is 3. The highest BCUT2D eigenvalue weighted by Crippen LogP contribution is 2.38. The minimum Gasteiger partial charge on any atom is -0.487 e. The van der Waals surface area contributed by atoms with E-state index >= 15 is 0 Å². The summed E-state index contributed by atoms with van der Waals surface area (Å²) in [5.41, 5.74) is 9.96. The zero-order valence-corrected chi connectivity index (χ0v) is 16.7. The molecule has 1 saturated carbocycles. The molecule has 0 saturated heterocycles. The average Bonchev–Trinajstić information content (AvgIpc) is 3.20. The number of fused-ring (bicyclic) bond motifs is 2. The monoisotopic (exact) mass is 412 g/mol. The Balaban J connectivity index is 1.47. The molecule has 30 heavy (non-hydrogen) atoms. The molecule has 158 valence electrons. The van der Waals surface area contributed by atoms with Gasteiger partial charge in [-0.15, -0.1) is 0 Å². The van der Waals surface area contributed by atoms with Crippen LogP contribution in [0.5, 0.6) is 5.75 Å². The standard InChI is InChI=1S/C22H25FN4O3/c1-11-6-12-2-4-25-9-13(12)17(7-11)30-18-8-16(20(28)21(18)29)27-10-14(23)19-15(24)3-5-26-22(19)27/h3,5-7,10,16,18,20-21,25,28-29H,2,4,8-9H2,1H3,(H2,24,26)/t16?,18?,20-,21+/m0/s1. The molecule has 2 aromatic heterocycles. The topological polar surface area (TPSA) is 106 Å². The zero-order chi connectivity index (χ0) is 21.0. The first kappa shape index (κ1) is 19.3. The van der Waals surface area contributed by atoms with Gasteiger partial charge in [0, 0.05) is 36.6 Å². The number of nitrogens with two attached hydrogens (primary N) is 1. The predicted molar refractivity (Wildman–Crippen MR) is 111 cm³/mol. The van der Waals surface area contributed by atoms with Crippen molar-refractivity contribution < 1.29 is 19.3 Å². The minimum absolute atomic E-state index is 0.224. The van der Waals surface area contributed by atoms with Gasteiger partial charge in [-0.2, -0.15) is 0 Å². The van der Waals surface area contributed by atoms with Gasteiger partial charge in [0.25, 0.3) is 0 Å². The van der Waals surface area contributed by atoms with Crippen molar-refractivity contribution in [2.75, 3.05) is 12.3 Å². The molecule has 3 aromatic rings. The van der Waals surface area contributed by atoms with Crippen LogP contribution in [0.25, 0.3) is 11.0 Å². The SMILES string of the molecule is Cc1cc2c(c(OC3CC(n4cc(F)c5c(N)ccnc54)[C@H](O)[C@@H]3O)c1)CNCC2. The fraction of sp³-hybridized carbons (Fsp3) is 0.409. The lowest BCUT2D eigenvalue weighted by Gasteiger charge is -2.25. The number of pyridine rings is 1. The number of aliphatic hydroxyl groups excluding tert-OH is 2. The third kappa shape index (κ3) is 3.03. The van der Waals surface area contributed by atoms with E-state index in [9.17, 15) is 14.6 Å². The van der Waals surface area contributed by atoms with E-state index in [0.29, 0.717) is 18.6 Å². The molecule has 1 fully saturated rings. The van der Waals surface area contributed by atoms with Gasteiger partial charge in [0.2, 0.25) is 0 Å². The van der Waals surface area contributed by atoms with E-state index in [2.05, 4.69) is 16.4 Å². The van der Waals surface area contributed by atoms with Gasteiger partial charge in [0.15, 0.2) is 5.82 Å². The van der Waals surface area contributed by atoms with Crippen LogP contribution in [0.2, 0.25) is 0 Å². The average molecular weight is 412 g/mol. The van der Waals surface area contributed by atoms with Crippen LogP contribution in [0.1, 0.15) is 29.2 Å². The number of nitrogens with zero attached hydrogens (tertiary/aromatic N) is 2. The van der Waals surface area contributed by atoms with Crippen LogP contribution in [0.3, 0.4) is 0 Å². The Morgan fingerprint density at radius 3 is 2.97 bits per heavy atom. The lowest BCUT2D eigenvalue weighted by atomic mass is 9.97. The van der Waals surface area contributed by atoms with E-state index in [0.717, 1.165) is 29.8 Å². The van der Waals surface area contributed by atoms with Crippen LogP contribution in [0.15, 0.2) is 30.6 Å². The Morgan fingerprint density at radius 1 is 1.30 bits per heavy atom. The number of nitrogens with one attached hydrogen (secondary N) is 1. The molecule has 4 atom stereocenters. The molecule has 1 aliphatic carbocycles. The summed E-state index contributed by atoms with van der Waals surface area (Å²) in [6.07, 6.45) is 1.18. The van der Waals surface area contributed by atoms with E-state index in [1.54, 1.807) is 4.57 Å². The Hall–Kier alpha value is -2.68. The number of hydrogen-bond acceptors (Lipinski definition) is 6. The molecule has 2 aliphatic rings. The second kappa shape index (κ2) is 7.23. The highest BCUT2D eigenvalue weighted by Gasteiger charge is 2.45. The van der Waals surface area contributed by atoms with Crippen molar-refractivity contribution in [2.24, 2.45) is 0 Å². The van der Waals surface area contributed by atoms with E-state index in [1.165, 1.54) is 24.0 Å². The lowest BCUT2D eigenvalue weighted by Crippen LogP contribution is -2.35. The Kier molecular flexibility index (Phi) is 4.65. The minimum atomic E-state index is -1.12. The summed E-state index contributed by atoms with van der Waals surface area (Å²) >= 11 is 0. The number of aliphatic hydroxyl groups is 2. The molecule has 8 heteroatoms. The molecule has 5 N–H and O–H groups in total. The van der Waals surface area contributed by atoms with Crippen LogP contribution >= 0.6 is 0 Å². The first-order chi connectivity index (χ1) is 14.4. The maximum absolute atomic E-state index is 14.5. The van der Waals surface area contributed by atoms with E-state index < -0.39 is 30.2 Å². The number of nitrogen functional groups attached to an aromatic ring is 1. The molecule has 0 bridgehead atoms. The summed E-state index contributed by atoms with van der Waals surface area (Å²) in [7, 11) is 0. The highest BCUT2D eigenvalue weighted by molar-refractivity contribution is 5.89. The van der Waals surface area contributed by atoms with Crippen molar-refractivity contribution in [1.29, 1.82) is 0 Å². The van der Waals surface area contributed by atoms with E-state index in [1.807, 2.05) is 13.0 Å². The number of hydrogen-bond donors (Lipinski definition) is 4. The summed E-state index contributed by atoms with van der Waals surface area (Å²) in [6.45, 7) is 3.64. The summed E-state index contributed by atoms with van der Waals surface area (Å²) in [4.78, 5) is 4.25. The van der Waals surface area contributed by atoms with Crippen LogP contribution in [-0.4, -0.2) is 44.6 Å². The molecule has 0 amide bonds. The third-order valence-corrected chi connectivity index (χ3v) is 6.25. The molecule has 7 nitrogen and oxygen atoms in total. The molecule has 1 aliphatic heterocycles. The zero-order valence-electron chi connectivity index (χ0n) is 16.7. The fourth-order valence-corrected chi connectivity index (χ4v) is 4.75. The molecule has 2 unspecified atom stereocenters. The lowest BCUT2D eigenvalue weighted by molar-refractivity contribution is -0.0167. The van der Waals surface area contributed by atoms with Crippen molar-refractivity contribution in [3.63, 3.8) is 0 Å². The molecule has 1 aromatic carbocycles. The number of benzene rings is 1. The fourth-order valence-electron chi connectivity index (χ4n) is 4.75. The maximum Gasteiger partial charge on any atom is 0.152 e. The van der Waals surface area contributed by atoms with Gasteiger partial charge in [-0.25, -0.2) is 9.37 Å². The Bertz CT molecular complexity index is 1120. The Labute approximate surface area is 173 Å². The van der Waals surface area contributed by atoms with Crippen molar-refractivity contribution in [2.45, 2.75) is 50.7 Å². The first-order valence-electron chi connectivity index (χ1n) is 10.2.